The number of fused-ring (bicyclic) bond motifs is 2. The summed E-state index contributed by atoms with van der Waals surface area (Å²) in [6.45, 7) is 0.830. The third-order valence-electron chi connectivity index (χ3n) is 5.72. The molecule has 2 aromatic rings. The van der Waals surface area contributed by atoms with Gasteiger partial charge in [0.15, 0.2) is 5.78 Å². The molecule has 2 unspecified atom stereocenters. The van der Waals surface area contributed by atoms with E-state index in [-0.39, 0.29) is 12.1 Å². The molecule has 0 amide bonds. The molecule has 2 fully saturated rings. The van der Waals surface area contributed by atoms with Gasteiger partial charge in [0.25, 0.3) is 0 Å². The predicted molar refractivity (Wildman–Crippen MR) is 92.2 cm³/mol. The number of rotatable bonds is 4. The number of hydrogen-bond donors (Lipinski definition) is 0. The van der Waals surface area contributed by atoms with E-state index in [4.69, 9.17) is 0 Å². The summed E-state index contributed by atoms with van der Waals surface area (Å²) in [5.41, 5.74) is 0.636. The van der Waals surface area contributed by atoms with Gasteiger partial charge in [0.2, 0.25) is 0 Å². The van der Waals surface area contributed by atoms with Crippen molar-refractivity contribution in [2.75, 3.05) is 0 Å². The van der Waals surface area contributed by atoms with E-state index in [1.807, 2.05) is 18.2 Å². The van der Waals surface area contributed by atoms with Gasteiger partial charge < -0.3 is 0 Å². The summed E-state index contributed by atoms with van der Waals surface area (Å²) in [4.78, 5) is 15.1. The summed E-state index contributed by atoms with van der Waals surface area (Å²) in [5.74, 6) is -4.15. The lowest BCUT2D eigenvalue weighted by molar-refractivity contribution is 0.0671. The smallest absolute Gasteiger partial charge is 0.171 e. The number of ketones is 1. The van der Waals surface area contributed by atoms with Crippen molar-refractivity contribution in [1.29, 1.82) is 0 Å². The van der Waals surface area contributed by atoms with Crippen molar-refractivity contribution in [3.8, 4) is 0 Å². The maximum absolute atomic E-state index is 14.0. The van der Waals surface area contributed by atoms with Crippen LogP contribution in [0.4, 0.5) is 13.2 Å². The number of hydrogen-bond acceptors (Lipinski definition) is 2. The second-order valence-electron chi connectivity index (χ2n) is 7.32. The van der Waals surface area contributed by atoms with Gasteiger partial charge in [-0.15, -0.1) is 0 Å². The van der Waals surface area contributed by atoms with Crippen LogP contribution in [0, 0.1) is 23.4 Å². The van der Waals surface area contributed by atoms with E-state index in [0.29, 0.717) is 25.0 Å². The Morgan fingerprint density at radius 3 is 2.12 bits per heavy atom. The zero-order valence-electron chi connectivity index (χ0n) is 14.3. The molecule has 0 saturated carbocycles. The number of nitrogens with zero attached hydrogens (tertiary/aromatic N) is 1. The largest absolute Gasteiger partial charge is 0.294 e. The summed E-state index contributed by atoms with van der Waals surface area (Å²) in [6.07, 6.45) is 3.18. The zero-order valence-corrected chi connectivity index (χ0v) is 14.3. The van der Waals surface area contributed by atoms with Crippen molar-refractivity contribution >= 4 is 5.78 Å². The first-order chi connectivity index (χ1) is 12.5. The van der Waals surface area contributed by atoms with Gasteiger partial charge >= 0.3 is 0 Å². The fourth-order valence-electron chi connectivity index (χ4n) is 4.52. The van der Waals surface area contributed by atoms with Crippen LogP contribution in [0.5, 0.6) is 0 Å². The van der Waals surface area contributed by atoms with Gasteiger partial charge in [0, 0.05) is 36.7 Å². The van der Waals surface area contributed by atoms with E-state index in [0.717, 1.165) is 19.4 Å². The Hall–Kier alpha value is -2.14. The highest BCUT2D eigenvalue weighted by Crippen LogP contribution is 2.41. The Morgan fingerprint density at radius 1 is 0.962 bits per heavy atom. The number of piperidine rings is 1. The van der Waals surface area contributed by atoms with Gasteiger partial charge in [0.1, 0.15) is 17.5 Å². The summed E-state index contributed by atoms with van der Waals surface area (Å²) in [6, 6.07) is 11.8. The van der Waals surface area contributed by atoms with Crippen molar-refractivity contribution in [1.82, 2.24) is 4.90 Å². The van der Waals surface area contributed by atoms with Gasteiger partial charge in [-0.3, -0.25) is 9.69 Å². The molecule has 2 heterocycles. The van der Waals surface area contributed by atoms with Crippen molar-refractivity contribution in [2.24, 2.45) is 5.92 Å². The molecule has 0 aromatic heterocycles. The van der Waals surface area contributed by atoms with Gasteiger partial charge in [-0.25, -0.2) is 13.2 Å². The second kappa shape index (κ2) is 6.88. The second-order valence-corrected chi connectivity index (χ2v) is 7.32. The molecule has 2 bridgehead atoms. The van der Waals surface area contributed by atoms with Gasteiger partial charge in [-0.05, 0) is 31.2 Å². The van der Waals surface area contributed by atoms with Crippen LogP contribution in [-0.2, 0) is 6.54 Å². The molecular formula is C21H20F3NO. The molecule has 2 atom stereocenters. The minimum Gasteiger partial charge on any atom is -0.294 e. The average molecular weight is 359 g/mol. The predicted octanol–water partition coefficient (Wildman–Crippen LogP) is 4.73. The van der Waals surface area contributed by atoms with Crippen molar-refractivity contribution in [3.63, 3.8) is 0 Å². The molecule has 2 aliphatic rings. The average Bonchev–Trinajstić information content (AvgIpc) is 2.83. The highest BCUT2D eigenvalue weighted by molar-refractivity contribution is 5.98. The van der Waals surface area contributed by atoms with Crippen molar-refractivity contribution < 1.29 is 18.0 Å². The number of carbonyl (C=O) groups excluding carboxylic acids is 1. The summed E-state index contributed by atoms with van der Waals surface area (Å²) in [5, 5.41) is 0. The minimum atomic E-state index is -1.11. The molecule has 2 saturated heterocycles. The van der Waals surface area contributed by atoms with E-state index in [1.165, 1.54) is 5.56 Å². The van der Waals surface area contributed by atoms with Crippen molar-refractivity contribution in [3.05, 3.63) is 71.0 Å². The van der Waals surface area contributed by atoms with Crippen LogP contribution in [0.2, 0.25) is 0 Å². The molecule has 0 spiro atoms. The lowest BCUT2D eigenvalue weighted by atomic mass is 9.84. The third-order valence-corrected chi connectivity index (χ3v) is 5.72. The minimum absolute atomic E-state index is 0.245. The monoisotopic (exact) mass is 359 g/mol. The Morgan fingerprint density at radius 2 is 1.54 bits per heavy atom. The molecule has 0 N–H and O–H groups in total. The maximum Gasteiger partial charge on any atom is 0.171 e. The number of halogens is 3. The number of carbonyl (C=O) groups is 1. The summed E-state index contributed by atoms with van der Waals surface area (Å²) in [7, 11) is 0. The summed E-state index contributed by atoms with van der Waals surface area (Å²) >= 11 is 0. The van der Waals surface area contributed by atoms with E-state index >= 15 is 0 Å². The topological polar surface area (TPSA) is 20.3 Å². The quantitative estimate of drug-likeness (QED) is 0.736. The van der Waals surface area contributed by atoms with E-state index < -0.39 is 34.7 Å². The summed E-state index contributed by atoms with van der Waals surface area (Å²) < 4.78 is 41.1. The molecule has 4 rings (SSSR count). The Bertz CT molecular complexity index is 786. The Balaban J connectivity index is 1.51. The first-order valence-electron chi connectivity index (χ1n) is 9.01. The molecule has 0 radical (unpaired) electrons. The highest BCUT2D eigenvalue weighted by Gasteiger charge is 2.43. The molecule has 2 nitrogen and oxygen atoms in total. The zero-order chi connectivity index (χ0) is 18.3. The van der Waals surface area contributed by atoms with Crippen LogP contribution >= 0.6 is 0 Å². The first kappa shape index (κ1) is 17.3. The normalized spacial score (nSPS) is 25.4. The van der Waals surface area contributed by atoms with E-state index in [9.17, 15) is 18.0 Å². The standard InChI is InChI=1S/C21H20F3NO/c22-15-10-18(23)20(19(24)11-15)21(26)14-8-16-6-7-17(9-14)25(16)12-13-4-2-1-3-5-13/h1-5,10-11,14,16-17H,6-9,12H2. The molecule has 26 heavy (non-hydrogen) atoms. The molecule has 2 aliphatic heterocycles. The molecule has 0 aliphatic carbocycles. The molecule has 136 valence electrons. The Labute approximate surface area is 150 Å². The van der Waals surface area contributed by atoms with Crippen LogP contribution < -0.4 is 0 Å². The van der Waals surface area contributed by atoms with Gasteiger partial charge in [-0.2, -0.15) is 0 Å². The van der Waals surface area contributed by atoms with Crippen LogP contribution in [-0.4, -0.2) is 22.8 Å². The molecule has 2 aromatic carbocycles. The fourth-order valence-corrected chi connectivity index (χ4v) is 4.52. The maximum atomic E-state index is 14.0. The first-order valence-corrected chi connectivity index (χ1v) is 9.01. The van der Waals surface area contributed by atoms with Crippen LogP contribution in [0.1, 0.15) is 41.6 Å². The highest BCUT2D eigenvalue weighted by atomic mass is 19.1. The SMILES string of the molecule is O=C(c1c(F)cc(F)cc1F)C1CC2CCC(C1)N2Cc1ccccc1. The lowest BCUT2D eigenvalue weighted by Gasteiger charge is -2.38. The van der Waals surface area contributed by atoms with Crippen LogP contribution in [0.3, 0.4) is 0 Å². The van der Waals surface area contributed by atoms with Crippen molar-refractivity contribution in [2.45, 2.75) is 44.3 Å². The molecule has 5 heteroatoms. The molecular weight excluding hydrogens is 339 g/mol. The van der Waals surface area contributed by atoms with Gasteiger partial charge in [-0.1, -0.05) is 30.3 Å². The van der Waals surface area contributed by atoms with E-state index in [2.05, 4.69) is 17.0 Å². The third kappa shape index (κ3) is 3.16. The van der Waals surface area contributed by atoms with E-state index in [1.54, 1.807) is 0 Å². The number of benzene rings is 2. The Kier molecular flexibility index (Phi) is 4.57. The van der Waals surface area contributed by atoms with Crippen LogP contribution in [0.15, 0.2) is 42.5 Å². The lowest BCUT2D eigenvalue weighted by Crippen LogP contribution is -2.44. The fraction of sp³-hybridized carbons (Fsp3) is 0.381. The van der Waals surface area contributed by atoms with Crippen LogP contribution in [0.25, 0.3) is 0 Å². The van der Waals surface area contributed by atoms with Gasteiger partial charge in [0.05, 0.1) is 5.56 Å². The number of Topliss-reactive ketones (excluding diaryl/α,β-unsaturated/α-hetero) is 1.